The number of hydrogen-bond donors (Lipinski definition) is 2. The molecule has 0 aromatic heterocycles. The van der Waals surface area contributed by atoms with Gasteiger partial charge in [0.2, 0.25) is 12.4 Å². The van der Waals surface area contributed by atoms with E-state index in [0.717, 1.165) is 0 Å². The average Bonchev–Trinajstić information content (AvgIpc) is 1.81. The first-order chi connectivity index (χ1) is 4.45. The molecule has 10 heavy (non-hydrogen) atoms. The first kappa shape index (κ1) is 9.74. The lowest BCUT2D eigenvalue weighted by Crippen LogP contribution is -2.15. The molecule has 7 heteroatoms. The summed E-state index contributed by atoms with van der Waals surface area (Å²) in [5, 5.41) is 6.66. The second-order valence-corrected chi connectivity index (χ2v) is 2.77. The third-order valence-electron chi connectivity index (χ3n) is 0.587. The van der Waals surface area contributed by atoms with E-state index in [9.17, 15) is 9.36 Å². The van der Waals surface area contributed by atoms with Gasteiger partial charge in [-0.3, -0.25) is 9.32 Å². The van der Waals surface area contributed by atoms with Crippen LogP contribution >= 0.6 is 7.82 Å². The molecule has 0 aliphatic heterocycles. The summed E-state index contributed by atoms with van der Waals surface area (Å²) in [7, 11) is -4.51. The summed E-state index contributed by atoms with van der Waals surface area (Å²) in [6.07, 6.45) is -0.997. The van der Waals surface area contributed by atoms with Crippen molar-refractivity contribution in [1.82, 2.24) is 0 Å². The Bertz CT molecular complexity index is 149. The van der Waals surface area contributed by atoms with Crippen LogP contribution < -0.4 is 0 Å². The molecular weight excluding hydrogens is 163 g/mol. The highest BCUT2D eigenvalue weighted by Gasteiger charge is 2.17. The van der Waals surface area contributed by atoms with Gasteiger partial charge in [-0.2, -0.15) is 0 Å². The van der Waals surface area contributed by atoms with Crippen molar-refractivity contribution < 1.29 is 28.8 Å². The number of carbonyl (C=O) groups is 1. The third kappa shape index (κ3) is 5.87. The van der Waals surface area contributed by atoms with Gasteiger partial charge in [-0.05, 0) is 0 Å². The van der Waals surface area contributed by atoms with E-state index in [1.165, 1.54) is 0 Å². The van der Waals surface area contributed by atoms with Gasteiger partial charge in [0.05, 0.1) is 0 Å². The van der Waals surface area contributed by atoms with Gasteiger partial charge in [0.25, 0.3) is 0 Å². The molecule has 0 aromatic rings. The highest BCUT2D eigenvalue weighted by Crippen LogP contribution is 2.35. The molecule has 0 amide bonds. The molecule has 0 bridgehead atoms. The van der Waals surface area contributed by atoms with Gasteiger partial charge in [-0.25, -0.2) is 4.57 Å². The van der Waals surface area contributed by atoms with Crippen LogP contribution in [0.15, 0.2) is 0 Å². The van der Waals surface area contributed by atoms with Crippen LogP contribution in [0.3, 0.4) is 0 Å². The number of rotatable bonds is 4. The Labute approximate surface area is 56.7 Å². The molecule has 1 atom stereocenters. The largest absolute Gasteiger partial charge is 0.469 e. The maximum Gasteiger partial charge on any atom is 0.469 e. The predicted octanol–water partition coefficient (Wildman–Crippen LogP) is -1.61. The molecule has 60 valence electrons. The molecule has 0 unspecified atom stereocenters. The molecular formula is C3H8O6P+. The van der Waals surface area contributed by atoms with E-state index in [1.54, 1.807) is 0 Å². The summed E-state index contributed by atoms with van der Waals surface area (Å²) in [4.78, 5) is 25.8. The van der Waals surface area contributed by atoms with Gasteiger partial charge in [0.1, 0.15) is 6.61 Å². The lowest BCUT2D eigenvalue weighted by atomic mass is 10.4. The summed E-state index contributed by atoms with van der Waals surface area (Å²) < 4.78 is 13.8. The lowest BCUT2D eigenvalue weighted by molar-refractivity contribution is -0.116. The first-order valence-corrected chi connectivity index (χ1v) is 3.85. The van der Waals surface area contributed by atoms with E-state index in [1.807, 2.05) is 0 Å². The van der Waals surface area contributed by atoms with E-state index in [0.29, 0.717) is 0 Å². The Morgan fingerprint density at radius 2 is 2.20 bits per heavy atom. The zero-order chi connectivity index (χ0) is 8.20. The van der Waals surface area contributed by atoms with E-state index in [-0.39, 0.29) is 6.29 Å². The van der Waals surface area contributed by atoms with Crippen LogP contribution in [-0.4, -0.2) is 33.9 Å². The molecule has 0 saturated heterocycles. The smallest absolute Gasteiger partial charge is 0.436 e. The van der Waals surface area contributed by atoms with Crippen molar-refractivity contribution in [3.8, 4) is 0 Å². The quantitative estimate of drug-likeness (QED) is 0.300. The average molecular weight is 171 g/mol. The maximum atomic E-state index is 9.92. The monoisotopic (exact) mass is 171 g/mol. The van der Waals surface area contributed by atoms with Crippen LogP contribution in [0.4, 0.5) is 0 Å². The van der Waals surface area contributed by atoms with Crippen molar-refractivity contribution in [1.29, 1.82) is 0 Å². The van der Waals surface area contributed by atoms with Crippen LogP contribution in [0.1, 0.15) is 0 Å². The van der Waals surface area contributed by atoms with Crippen molar-refractivity contribution in [3.63, 3.8) is 0 Å². The fourth-order valence-corrected chi connectivity index (χ4v) is 0.571. The second kappa shape index (κ2) is 3.80. The van der Waals surface area contributed by atoms with Gasteiger partial charge in [-0.15, -0.1) is 0 Å². The fraction of sp³-hybridized carbons (Fsp3) is 0.667. The summed E-state index contributed by atoms with van der Waals surface area (Å²) in [6, 6.07) is 0. The predicted molar refractivity (Wildman–Crippen MR) is 31.5 cm³/mol. The van der Waals surface area contributed by atoms with Gasteiger partial charge < -0.3 is 14.9 Å². The van der Waals surface area contributed by atoms with Crippen molar-refractivity contribution >= 4 is 14.1 Å². The Hall–Kier alpha value is -0.260. The van der Waals surface area contributed by atoms with Gasteiger partial charge in [-0.1, -0.05) is 0 Å². The van der Waals surface area contributed by atoms with Crippen molar-refractivity contribution in [2.75, 3.05) is 6.61 Å². The minimum atomic E-state index is -4.51. The molecule has 6 nitrogen and oxygen atoms in total. The Morgan fingerprint density at radius 1 is 1.70 bits per heavy atom. The topological polar surface area (TPSA) is 107 Å². The molecule has 4 N–H and O–H groups in total. The van der Waals surface area contributed by atoms with Crippen molar-refractivity contribution in [3.05, 3.63) is 0 Å². The van der Waals surface area contributed by atoms with Crippen LogP contribution in [0, 0.1) is 0 Å². The van der Waals surface area contributed by atoms with Crippen LogP contribution in [0.5, 0.6) is 0 Å². The molecule has 0 fully saturated rings. The number of carbonyl (C=O) groups excluding carboxylic acids is 1. The number of hydrogen-bond acceptors (Lipinski definition) is 3. The molecule has 0 radical (unpaired) electrons. The molecule has 0 aromatic carbocycles. The van der Waals surface area contributed by atoms with Crippen LogP contribution in [-0.2, 0) is 13.9 Å². The lowest BCUT2D eigenvalue weighted by Gasteiger charge is -2.02. The first-order valence-electron chi connectivity index (χ1n) is 2.32. The van der Waals surface area contributed by atoms with Gasteiger partial charge in [0, 0.05) is 0 Å². The SMILES string of the molecule is O=C[C@H]([OH2+])COP(=O)(O)O. The normalized spacial score (nSPS) is 14.7. The van der Waals surface area contributed by atoms with Gasteiger partial charge >= 0.3 is 7.82 Å². The molecule has 0 aliphatic carbocycles. The van der Waals surface area contributed by atoms with Crippen LogP contribution in [0.25, 0.3) is 0 Å². The molecule has 0 heterocycles. The second-order valence-electron chi connectivity index (χ2n) is 1.53. The number of aldehydes is 1. The Balaban J connectivity index is 3.55. The molecule has 0 spiro atoms. The van der Waals surface area contributed by atoms with Crippen molar-refractivity contribution in [2.24, 2.45) is 0 Å². The Kier molecular flexibility index (Phi) is 3.70. The zero-order valence-corrected chi connectivity index (χ0v) is 5.82. The van der Waals surface area contributed by atoms with Crippen LogP contribution in [0.2, 0.25) is 0 Å². The maximum absolute atomic E-state index is 9.92. The molecule has 0 saturated carbocycles. The summed E-state index contributed by atoms with van der Waals surface area (Å²) in [5.74, 6) is 0. The fourth-order valence-electron chi connectivity index (χ4n) is 0.217. The minimum Gasteiger partial charge on any atom is -0.436 e. The summed E-state index contributed by atoms with van der Waals surface area (Å²) >= 11 is 0. The standard InChI is InChI=1S/C3H7O6P/c4-1-3(5)2-9-10(6,7)8/h1,3,5H,2H2,(H2,6,7,8)/p+1/t3-/m0/s1. The van der Waals surface area contributed by atoms with E-state index in [2.05, 4.69) is 4.52 Å². The van der Waals surface area contributed by atoms with E-state index >= 15 is 0 Å². The minimum absolute atomic E-state index is 0.232. The number of phosphoric ester groups is 1. The Morgan fingerprint density at radius 3 is 2.50 bits per heavy atom. The summed E-state index contributed by atoms with van der Waals surface area (Å²) in [6.45, 7) is -0.576. The zero-order valence-electron chi connectivity index (χ0n) is 4.93. The van der Waals surface area contributed by atoms with Crippen molar-refractivity contribution in [2.45, 2.75) is 6.10 Å². The summed E-state index contributed by atoms with van der Waals surface area (Å²) in [5.41, 5.74) is 0. The van der Waals surface area contributed by atoms with E-state index in [4.69, 9.17) is 14.9 Å². The highest BCUT2D eigenvalue weighted by molar-refractivity contribution is 7.46. The molecule has 0 rings (SSSR count). The van der Waals surface area contributed by atoms with Gasteiger partial charge in [0.15, 0.2) is 0 Å². The third-order valence-corrected chi connectivity index (χ3v) is 1.07. The molecule has 0 aliphatic rings. The highest BCUT2D eigenvalue weighted by atomic mass is 31.2. The van der Waals surface area contributed by atoms with E-state index < -0.39 is 20.5 Å². The number of phosphoric acid groups is 1.